The van der Waals surface area contributed by atoms with Crippen LogP contribution in [0.2, 0.25) is 0 Å². The Bertz CT molecular complexity index is 2620. The van der Waals surface area contributed by atoms with Gasteiger partial charge in [-0.05, 0) is 132 Å². The third-order valence-corrected chi connectivity index (χ3v) is 10.4. The zero-order chi connectivity index (χ0) is 38.3. The van der Waals surface area contributed by atoms with Gasteiger partial charge in [-0.3, -0.25) is 28.2 Å². The molecule has 0 bridgehead atoms. The van der Waals surface area contributed by atoms with E-state index in [9.17, 15) is 9.59 Å². The lowest BCUT2D eigenvalue weighted by Gasteiger charge is -2.24. The van der Waals surface area contributed by atoms with Crippen molar-refractivity contribution in [3.8, 4) is 23.7 Å². The summed E-state index contributed by atoms with van der Waals surface area (Å²) in [4.78, 5) is 40.3. The number of benzene rings is 2. The van der Waals surface area contributed by atoms with Crippen LogP contribution in [0.15, 0.2) is 94.8 Å². The van der Waals surface area contributed by atoms with Gasteiger partial charge in [-0.15, -0.1) is 0 Å². The zero-order valence-corrected chi connectivity index (χ0v) is 32.4. The molecule has 6 aromatic rings. The van der Waals surface area contributed by atoms with E-state index in [-0.39, 0.29) is 18.5 Å². The Kier molecular flexibility index (Phi) is 13.0. The van der Waals surface area contributed by atoms with Gasteiger partial charge in [0.05, 0.1) is 22.5 Å². The van der Waals surface area contributed by atoms with Gasteiger partial charge in [0.2, 0.25) is 0 Å². The van der Waals surface area contributed by atoms with Crippen molar-refractivity contribution in [3.05, 3.63) is 162 Å². The van der Waals surface area contributed by atoms with Crippen molar-refractivity contribution in [2.45, 2.75) is 80.3 Å². The van der Waals surface area contributed by atoms with Crippen LogP contribution in [0.25, 0.3) is 11.3 Å². The summed E-state index contributed by atoms with van der Waals surface area (Å²) >= 11 is 0. The molecular weight excluding hydrogens is 693 g/mol. The van der Waals surface area contributed by atoms with E-state index in [0.29, 0.717) is 24.4 Å². The maximum absolute atomic E-state index is 13.1. The smallest absolute Gasteiger partial charge is 0.262 e. The highest BCUT2D eigenvalue weighted by Crippen LogP contribution is 2.17. The van der Waals surface area contributed by atoms with Gasteiger partial charge in [0, 0.05) is 47.7 Å². The van der Waals surface area contributed by atoms with Crippen LogP contribution in [0.5, 0.6) is 0 Å². The van der Waals surface area contributed by atoms with Gasteiger partial charge in [0.25, 0.3) is 11.1 Å². The Labute approximate surface area is 330 Å². The first-order chi connectivity index (χ1) is 26.8. The standard InChI is InChI=1S/C24H25N3O.C23H23N3O.CH4/c1-3-26-13-5-4-9-22-21(17-26)24(28)27-14-12-20(16-23(27)25-22)11-10-19-8-6-7-18(2)15-19;1-3-25-12-5-8-21-20(16-25)23(27)26-13-11-19(15-22(26)24-21)10-9-18-7-4-6-17(2)14-18;/h6-8,12,14-16H,3-5,9,13,17H2,1-2H3;4,6-7,11,13-15H,3,5,8,12,16H2,1-2H3;1H4. The third kappa shape index (κ3) is 9.34. The number of aryl methyl sites for hydroxylation is 4. The molecule has 4 aromatic heterocycles. The molecule has 56 heavy (non-hydrogen) atoms. The van der Waals surface area contributed by atoms with Gasteiger partial charge in [-0.1, -0.05) is 69.2 Å². The molecule has 2 aliphatic rings. The van der Waals surface area contributed by atoms with E-state index in [1.54, 1.807) is 21.2 Å². The fourth-order valence-corrected chi connectivity index (χ4v) is 7.31. The van der Waals surface area contributed by atoms with Crippen LogP contribution in [0.1, 0.15) is 96.4 Å². The van der Waals surface area contributed by atoms with Crippen LogP contribution in [0, 0.1) is 37.5 Å². The molecule has 0 aliphatic carbocycles. The van der Waals surface area contributed by atoms with Gasteiger partial charge in [0.1, 0.15) is 11.3 Å². The molecule has 0 amide bonds. The van der Waals surface area contributed by atoms with Crippen molar-refractivity contribution in [2.24, 2.45) is 0 Å². The van der Waals surface area contributed by atoms with Gasteiger partial charge in [-0.2, -0.15) is 0 Å². The van der Waals surface area contributed by atoms with E-state index in [1.807, 2.05) is 48.5 Å². The highest BCUT2D eigenvalue weighted by molar-refractivity contribution is 5.52. The minimum absolute atomic E-state index is 0. The number of nitrogens with zero attached hydrogens (tertiary/aromatic N) is 6. The molecule has 0 saturated carbocycles. The van der Waals surface area contributed by atoms with E-state index in [1.165, 1.54) is 11.1 Å². The highest BCUT2D eigenvalue weighted by Gasteiger charge is 2.20. The molecule has 0 unspecified atom stereocenters. The van der Waals surface area contributed by atoms with Crippen molar-refractivity contribution in [1.29, 1.82) is 0 Å². The summed E-state index contributed by atoms with van der Waals surface area (Å²) in [5.74, 6) is 12.8. The van der Waals surface area contributed by atoms with Gasteiger partial charge < -0.3 is 0 Å². The van der Waals surface area contributed by atoms with E-state index in [0.717, 1.165) is 103 Å². The van der Waals surface area contributed by atoms with Crippen LogP contribution >= 0.6 is 0 Å². The van der Waals surface area contributed by atoms with Gasteiger partial charge in [-0.25, -0.2) is 9.97 Å². The predicted octanol–water partition coefficient (Wildman–Crippen LogP) is 7.37. The van der Waals surface area contributed by atoms with Crippen LogP contribution in [-0.4, -0.2) is 54.7 Å². The number of hydrogen-bond donors (Lipinski definition) is 0. The van der Waals surface area contributed by atoms with Crippen LogP contribution in [0.4, 0.5) is 0 Å². The van der Waals surface area contributed by atoms with Gasteiger partial charge >= 0.3 is 0 Å². The molecule has 0 saturated heterocycles. The normalized spacial score (nSPS) is 14.2. The summed E-state index contributed by atoms with van der Waals surface area (Å²) in [5.41, 5.74) is 11.1. The first-order valence-corrected chi connectivity index (χ1v) is 19.5. The molecule has 8 heteroatoms. The number of aromatic nitrogens is 4. The van der Waals surface area contributed by atoms with Crippen LogP contribution in [0.3, 0.4) is 0 Å². The highest BCUT2D eigenvalue weighted by atomic mass is 16.1. The van der Waals surface area contributed by atoms with Crippen molar-refractivity contribution in [1.82, 2.24) is 28.6 Å². The number of rotatable bonds is 2. The molecule has 2 aromatic carbocycles. The molecule has 8 rings (SSSR count). The Morgan fingerprint density at radius 3 is 1.45 bits per heavy atom. The topological polar surface area (TPSA) is 75.2 Å². The van der Waals surface area contributed by atoms with Crippen molar-refractivity contribution >= 4 is 11.3 Å². The number of hydrogen-bond acceptors (Lipinski definition) is 6. The third-order valence-electron chi connectivity index (χ3n) is 10.4. The molecule has 0 atom stereocenters. The van der Waals surface area contributed by atoms with Gasteiger partial charge in [0.15, 0.2) is 0 Å². The average molecular weight is 745 g/mol. The lowest BCUT2D eigenvalue weighted by molar-refractivity contribution is 0.265. The first kappa shape index (κ1) is 39.9. The summed E-state index contributed by atoms with van der Waals surface area (Å²) in [6, 6.07) is 23.9. The lowest BCUT2D eigenvalue weighted by Crippen LogP contribution is -2.32. The fourth-order valence-electron chi connectivity index (χ4n) is 7.31. The maximum atomic E-state index is 13.1. The quantitative estimate of drug-likeness (QED) is 0.173. The van der Waals surface area contributed by atoms with Crippen molar-refractivity contribution in [2.75, 3.05) is 26.2 Å². The van der Waals surface area contributed by atoms with Crippen molar-refractivity contribution in [3.63, 3.8) is 0 Å². The Morgan fingerprint density at radius 1 is 0.571 bits per heavy atom. The molecule has 0 fully saturated rings. The Morgan fingerprint density at radius 2 is 1.00 bits per heavy atom. The second-order valence-corrected chi connectivity index (χ2v) is 14.5. The molecule has 0 N–H and O–H groups in total. The molecule has 286 valence electrons. The minimum atomic E-state index is 0. The predicted molar refractivity (Wildman–Crippen MR) is 227 cm³/mol. The molecule has 2 aliphatic heterocycles. The molecule has 0 spiro atoms. The van der Waals surface area contributed by atoms with Crippen molar-refractivity contribution < 1.29 is 0 Å². The summed E-state index contributed by atoms with van der Waals surface area (Å²) in [5, 5.41) is 0. The molecular formula is C48H52N6O2. The Balaban J connectivity index is 0.000000187. The fraction of sp³-hybridized carbons (Fsp3) is 0.333. The SMILES string of the molecule is C.CCN1CCCCc2nc3cc(C#Cc4cccc(C)c4)ccn3c(=O)c2C1.CCN1CCCc2nc3cc(C#Cc4cccc(C)c4)ccn3c(=O)c2C1. The molecule has 6 heterocycles. The second-order valence-electron chi connectivity index (χ2n) is 14.5. The average Bonchev–Trinajstić information content (AvgIpc) is 3.40. The monoisotopic (exact) mass is 744 g/mol. The van der Waals surface area contributed by atoms with E-state index in [4.69, 9.17) is 9.97 Å². The molecule has 8 nitrogen and oxygen atoms in total. The number of pyridine rings is 2. The minimum Gasteiger partial charge on any atom is -0.299 e. The Hall–Kier alpha value is -5.80. The zero-order valence-electron chi connectivity index (χ0n) is 32.4. The summed E-state index contributed by atoms with van der Waals surface area (Å²) in [6.45, 7) is 13.7. The summed E-state index contributed by atoms with van der Waals surface area (Å²) in [6.07, 6.45) is 8.59. The summed E-state index contributed by atoms with van der Waals surface area (Å²) < 4.78 is 3.31. The summed E-state index contributed by atoms with van der Waals surface area (Å²) in [7, 11) is 0. The van der Waals surface area contributed by atoms with E-state index in [2.05, 4.69) is 85.4 Å². The van der Waals surface area contributed by atoms with Crippen LogP contribution < -0.4 is 11.1 Å². The first-order valence-electron chi connectivity index (χ1n) is 19.5. The van der Waals surface area contributed by atoms with E-state index >= 15 is 0 Å². The molecule has 0 radical (unpaired) electrons. The lowest BCUT2D eigenvalue weighted by atomic mass is 10.1. The second kappa shape index (κ2) is 18.2. The maximum Gasteiger partial charge on any atom is 0.262 e. The largest absolute Gasteiger partial charge is 0.299 e. The van der Waals surface area contributed by atoms with E-state index < -0.39 is 0 Å². The number of fused-ring (bicyclic) bond motifs is 4. The van der Waals surface area contributed by atoms with Crippen LogP contribution in [-0.2, 0) is 25.9 Å².